The Morgan fingerprint density at radius 1 is 1.28 bits per heavy atom. The summed E-state index contributed by atoms with van der Waals surface area (Å²) in [6, 6.07) is 6.44. The summed E-state index contributed by atoms with van der Waals surface area (Å²) in [6.45, 7) is 4.57. The lowest BCUT2D eigenvalue weighted by Crippen LogP contribution is -2.38. The van der Waals surface area contributed by atoms with Crippen LogP contribution in [-0.2, 0) is 9.47 Å². The number of halogens is 1. The Balaban J connectivity index is 1.89. The van der Waals surface area contributed by atoms with Crippen molar-refractivity contribution >= 4 is 23.3 Å². The van der Waals surface area contributed by atoms with E-state index in [-0.39, 0.29) is 5.02 Å². The third-order valence-corrected chi connectivity index (χ3v) is 4.23. The van der Waals surface area contributed by atoms with Gasteiger partial charge >= 0.3 is 5.97 Å². The third kappa shape index (κ3) is 3.67. The van der Waals surface area contributed by atoms with Crippen molar-refractivity contribution in [3.05, 3.63) is 51.4 Å². The minimum absolute atomic E-state index is 0.117. The van der Waals surface area contributed by atoms with Crippen molar-refractivity contribution in [1.29, 1.82) is 0 Å². The number of carbonyl (C=O) groups is 1. The lowest BCUT2D eigenvalue weighted by molar-refractivity contribution is 0.0526. The van der Waals surface area contributed by atoms with Gasteiger partial charge in [0.2, 0.25) is 0 Å². The van der Waals surface area contributed by atoms with Crippen LogP contribution in [0, 0.1) is 0 Å². The molecule has 8 heteroatoms. The number of hydrogen-bond donors (Lipinski definition) is 0. The summed E-state index contributed by atoms with van der Waals surface area (Å²) in [4.78, 5) is 26.2. The molecule has 0 spiro atoms. The van der Waals surface area contributed by atoms with Gasteiger partial charge in [0.15, 0.2) is 0 Å². The molecule has 1 aromatic heterocycles. The molecule has 0 radical (unpaired) electrons. The number of anilines is 1. The molecule has 0 saturated carbocycles. The fourth-order valence-electron chi connectivity index (χ4n) is 2.59. The largest absolute Gasteiger partial charge is 0.462 e. The van der Waals surface area contributed by atoms with Crippen molar-refractivity contribution in [2.24, 2.45) is 0 Å². The highest BCUT2D eigenvalue weighted by Crippen LogP contribution is 2.22. The van der Waals surface area contributed by atoms with E-state index in [9.17, 15) is 9.59 Å². The van der Waals surface area contributed by atoms with Crippen LogP contribution in [-0.4, -0.2) is 48.7 Å². The van der Waals surface area contributed by atoms with Crippen LogP contribution in [0.1, 0.15) is 17.3 Å². The average Bonchev–Trinajstić information content (AvgIpc) is 2.65. The first kappa shape index (κ1) is 17.4. The molecule has 1 saturated heterocycles. The van der Waals surface area contributed by atoms with Gasteiger partial charge in [-0.15, -0.1) is 0 Å². The smallest absolute Gasteiger partial charge is 0.338 e. The molecular weight excluding hydrogens is 346 g/mol. The number of aromatic nitrogens is 2. The van der Waals surface area contributed by atoms with Crippen molar-refractivity contribution in [3.63, 3.8) is 0 Å². The average molecular weight is 364 g/mol. The van der Waals surface area contributed by atoms with Crippen molar-refractivity contribution in [2.75, 3.05) is 37.8 Å². The number of rotatable bonds is 4. The van der Waals surface area contributed by atoms with Gasteiger partial charge in [-0.1, -0.05) is 11.6 Å². The second-order valence-electron chi connectivity index (χ2n) is 5.43. The second-order valence-corrected chi connectivity index (χ2v) is 5.81. The Bertz CT molecular complexity index is 814. The van der Waals surface area contributed by atoms with Crippen LogP contribution in [0.15, 0.2) is 35.3 Å². The normalized spacial score (nSPS) is 14.4. The minimum atomic E-state index is -0.408. The van der Waals surface area contributed by atoms with E-state index in [0.29, 0.717) is 49.8 Å². The fraction of sp³-hybridized carbons (Fsp3) is 0.353. The maximum atomic E-state index is 12.6. The molecule has 1 fully saturated rings. The number of hydrogen-bond acceptors (Lipinski definition) is 6. The molecule has 25 heavy (non-hydrogen) atoms. The van der Waals surface area contributed by atoms with Crippen LogP contribution in [0.2, 0.25) is 5.02 Å². The van der Waals surface area contributed by atoms with Gasteiger partial charge in [-0.25, -0.2) is 4.79 Å². The van der Waals surface area contributed by atoms with E-state index in [0.717, 1.165) is 0 Å². The lowest BCUT2D eigenvalue weighted by atomic mass is 10.2. The van der Waals surface area contributed by atoms with Crippen LogP contribution >= 0.6 is 11.6 Å². The lowest BCUT2D eigenvalue weighted by Gasteiger charge is -2.29. The molecule has 2 aromatic rings. The maximum Gasteiger partial charge on any atom is 0.338 e. The van der Waals surface area contributed by atoms with Crippen LogP contribution < -0.4 is 10.5 Å². The highest BCUT2D eigenvalue weighted by atomic mass is 35.5. The monoisotopic (exact) mass is 363 g/mol. The summed E-state index contributed by atoms with van der Waals surface area (Å²) in [5.41, 5.74) is 1.13. The van der Waals surface area contributed by atoms with Gasteiger partial charge in [0.25, 0.3) is 5.56 Å². The molecule has 0 atom stereocenters. The zero-order valence-corrected chi connectivity index (χ0v) is 14.5. The number of ether oxygens (including phenoxy) is 2. The molecule has 1 aromatic carbocycles. The van der Waals surface area contributed by atoms with Crippen molar-refractivity contribution in [2.45, 2.75) is 6.92 Å². The van der Waals surface area contributed by atoms with Gasteiger partial charge < -0.3 is 14.4 Å². The molecule has 3 rings (SSSR count). The molecule has 0 unspecified atom stereocenters. The highest BCUT2D eigenvalue weighted by molar-refractivity contribution is 6.33. The summed E-state index contributed by atoms with van der Waals surface area (Å²) in [5, 5.41) is 4.33. The first-order chi connectivity index (χ1) is 12.1. The summed E-state index contributed by atoms with van der Waals surface area (Å²) >= 11 is 6.27. The summed E-state index contributed by atoms with van der Waals surface area (Å²) in [7, 11) is 0. The first-order valence-corrected chi connectivity index (χ1v) is 8.37. The summed E-state index contributed by atoms with van der Waals surface area (Å²) in [5.74, 6) is -0.407. The summed E-state index contributed by atoms with van der Waals surface area (Å²) in [6.07, 6.45) is 1.58. The number of benzene rings is 1. The Morgan fingerprint density at radius 3 is 2.60 bits per heavy atom. The molecular formula is C17H18ClN3O4. The van der Waals surface area contributed by atoms with E-state index in [2.05, 4.69) is 5.10 Å². The standard InChI is InChI=1S/C17H18ClN3O4/c1-2-25-17(23)12-3-5-13(6-4-12)21-16(22)15(18)14(11-19-21)20-7-9-24-10-8-20/h3-6,11H,2,7-10H2,1H3. The second kappa shape index (κ2) is 7.67. The Labute approximate surface area is 149 Å². The molecule has 0 N–H and O–H groups in total. The topological polar surface area (TPSA) is 73.7 Å². The van der Waals surface area contributed by atoms with Crippen molar-refractivity contribution < 1.29 is 14.3 Å². The van der Waals surface area contributed by atoms with E-state index >= 15 is 0 Å². The van der Waals surface area contributed by atoms with Crippen LogP contribution in [0.3, 0.4) is 0 Å². The van der Waals surface area contributed by atoms with Gasteiger partial charge in [-0.2, -0.15) is 9.78 Å². The molecule has 0 bridgehead atoms. The predicted molar refractivity (Wildman–Crippen MR) is 93.8 cm³/mol. The van der Waals surface area contributed by atoms with Gasteiger partial charge in [0, 0.05) is 13.1 Å². The molecule has 1 aliphatic heterocycles. The van der Waals surface area contributed by atoms with Gasteiger partial charge in [-0.3, -0.25) is 4.79 Å². The van der Waals surface area contributed by atoms with Crippen LogP contribution in [0.25, 0.3) is 5.69 Å². The predicted octanol–water partition coefficient (Wildman–Crippen LogP) is 1.90. The van der Waals surface area contributed by atoms with Crippen LogP contribution in [0.4, 0.5) is 5.69 Å². The Morgan fingerprint density at radius 2 is 1.96 bits per heavy atom. The van der Waals surface area contributed by atoms with Gasteiger partial charge in [0.05, 0.1) is 43.0 Å². The molecule has 132 valence electrons. The molecule has 2 heterocycles. The first-order valence-electron chi connectivity index (χ1n) is 8.00. The van der Waals surface area contributed by atoms with E-state index < -0.39 is 11.5 Å². The highest BCUT2D eigenvalue weighted by Gasteiger charge is 2.18. The molecule has 0 aliphatic carbocycles. The Kier molecular flexibility index (Phi) is 5.35. The quantitative estimate of drug-likeness (QED) is 0.772. The molecule has 1 aliphatic rings. The maximum absolute atomic E-state index is 12.6. The van der Waals surface area contributed by atoms with E-state index in [1.165, 1.54) is 4.68 Å². The number of nitrogens with zero attached hydrogens (tertiary/aromatic N) is 3. The minimum Gasteiger partial charge on any atom is -0.462 e. The van der Waals surface area contributed by atoms with Crippen molar-refractivity contribution in [3.8, 4) is 5.69 Å². The number of esters is 1. The Hall–Kier alpha value is -2.38. The van der Waals surface area contributed by atoms with E-state index in [1.807, 2.05) is 4.90 Å². The van der Waals surface area contributed by atoms with Crippen molar-refractivity contribution in [1.82, 2.24) is 9.78 Å². The van der Waals surface area contributed by atoms with Crippen LogP contribution in [0.5, 0.6) is 0 Å². The number of morpholine rings is 1. The SMILES string of the molecule is CCOC(=O)c1ccc(-n2ncc(N3CCOCC3)c(Cl)c2=O)cc1. The zero-order chi connectivity index (χ0) is 17.8. The number of carbonyl (C=O) groups excluding carboxylic acids is 1. The van der Waals surface area contributed by atoms with Gasteiger partial charge in [-0.05, 0) is 31.2 Å². The molecule has 7 nitrogen and oxygen atoms in total. The molecule has 0 amide bonds. The zero-order valence-electron chi connectivity index (χ0n) is 13.8. The third-order valence-electron chi connectivity index (χ3n) is 3.88. The van der Waals surface area contributed by atoms with E-state index in [4.69, 9.17) is 21.1 Å². The van der Waals surface area contributed by atoms with Gasteiger partial charge in [0.1, 0.15) is 5.02 Å². The fourth-order valence-corrected chi connectivity index (χ4v) is 2.83. The summed E-state index contributed by atoms with van der Waals surface area (Å²) < 4.78 is 11.5. The van der Waals surface area contributed by atoms with E-state index in [1.54, 1.807) is 37.4 Å².